The monoisotopic (exact) mass is 377 g/mol. The van der Waals surface area contributed by atoms with Gasteiger partial charge in [-0.15, -0.1) is 5.10 Å². The number of benzene rings is 2. The fraction of sp³-hybridized carbons (Fsp3) is 0.250. The average Bonchev–Trinajstić information content (AvgIpc) is 3.40. The number of aromatic nitrogens is 5. The van der Waals surface area contributed by atoms with Gasteiger partial charge in [-0.3, -0.25) is 4.68 Å². The molecule has 0 atom stereocenters. The molecule has 0 fully saturated rings. The summed E-state index contributed by atoms with van der Waals surface area (Å²) in [5, 5.41) is 14.4. The third-order valence-corrected chi connectivity index (χ3v) is 4.90. The Kier molecular flexibility index (Phi) is 3.71. The van der Waals surface area contributed by atoms with Crippen LogP contribution in [0.4, 0.5) is 0 Å². The first-order valence-corrected chi connectivity index (χ1v) is 8.93. The second-order valence-electron chi connectivity index (χ2n) is 6.80. The van der Waals surface area contributed by atoms with Crippen molar-refractivity contribution in [3.05, 3.63) is 47.8 Å². The van der Waals surface area contributed by atoms with E-state index < -0.39 is 0 Å². The first-order valence-electron chi connectivity index (χ1n) is 8.93. The van der Waals surface area contributed by atoms with E-state index in [0.29, 0.717) is 29.5 Å². The SMILES string of the molecule is COc1cc2c(cc1-c1cn(Cc3nn(C)c4ccc(C)cc34)nn1)OCO2. The molecule has 0 saturated heterocycles. The number of nitrogens with zero attached hydrogens (tertiary/aromatic N) is 5. The van der Waals surface area contributed by atoms with E-state index in [9.17, 15) is 0 Å². The van der Waals surface area contributed by atoms with Crippen LogP contribution in [0.25, 0.3) is 22.2 Å². The Morgan fingerprint density at radius 1 is 1.14 bits per heavy atom. The maximum atomic E-state index is 5.50. The van der Waals surface area contributed by atoms with Crippen molar-refractivity contribution in [2.45, 2.75) is 13.5 Å². The molecule has 142 valence electrons. The number of fused-ring (bicyclic) bond motifs is 2. The summed E-state index contributed by atoms with van der Waals surface area (Å²) in [6.45, 7) is 2.82. The lowest BCUT2D eigenvalue weighted by atomic mass is 10.1. The predicted molar refractivity (Wildman–Crippen MR) is 103 cm³/mol. The number of aryl methyl sites for hydroxylation is 2. The van der Waals surface area contributed by atoms with Crippen molar-refractivity contribution in [2.24, 2.45) is 7.05 Å². The summed E-state index contributed by atoms with van der Waals surface area (Å²) in [6, 6.07) is 10.0. The van der Waals surface area contributed by atoms with Crippen LogP contribution in [0.5, 0.6) is 17.2 Å². The zero-order valence-corrected chi connectivity index (χ0v) is 15.8. The summed E-state index contributed by atoms with van der Waals surface area (Å²) in [6.07, 6.45) is 1.89. The van der Waals surface area contributed by atoms with Gasteiger partial charge in [-0.25, -0.2) is 4.68 Å². The highest BCUT2D eigenvalue weighted by atomic mass is 16.7. The molecule has 1 aliphatic heterocycles. The van der Waals surface area contributed by atoms with E-state index in [0.717, 1.165) is 22.2 Å². The molecule has 2 aromatic heterocycles. The average molecular weight is 377 g/mol. The third kappa shape index (κ3) is 2.65. The molecular formula is C20H19N5O3. The first kappa shape index (κ1) is 16.6. The maximum absolute atomic E-state index is 5.50. The van der Waals surface area contributed by atoms with Gasteiger partial charge >= 0.3 is 0 Å². The Morgan fingerprint density at radius 2 is 1.96 bits per heavy atom. The van der Waals surface area contributed by atoms with Crippen LogP contribution in [0, 0.1) is 6.92 Å². The van der Waals surface area contributed by atoms with Gasteiger partial charge < -0.3 is 14.2 Å². The Labute approximate surface area is 161 Å². The van der Waals surface area contributed by atoms with Gasteiger partial charge in [0.2, 0.25) is 6.79 Å². The van der Waals surface area contributed by atoms with Gasteiger partial charge in [0.15, 0.2) is 11.5 Å². The van der Waals surface area contributed by atoms with E-state index in [4.69, 9.17) is 14.2 Å². The standard InChI is InChI=1S/C20H19N5O3/c1-12-4-5-17-13(6-12)16(22-24(17)2)10-25-9-15(21-23-25)14-7-19-20(28-11-27-19)8-18(14)26-3/h4-9H,10-11H2,1-3H3. The molecule has 0 N–H and O–H groups in total. The molecule has 0 spiro atoms. The summed E-state index contributed by atoms with van der Waals surface area (Å²) in [5.74, 6) is 2.01. The summed E-state index contributed by atoms with van der Waals surface area (Å²) in [7, 11) is 3.57. The van der Waals surface area contributed by atoms with Crippen LogP contribution in [0.1, 0.15) is 11.3 Å². The van der Waals surface area contributed by atoms with E-state index in [1.165, 1.54) is 5.56 Å². The van der Waals surface area contributed by atoms with Crippen LogP contribution >= 0.6 is 0 Å². The summed E-state index contributed by atoms with van der Waals surface area (Å²) >= 11 is 0. The molecule has 0 bridgehead atoms. The molecule has 5 rings (SSSR count). The topological polar surface area (TPSA) is 76.2 Å². The van der Waals surface area contributed by atoms with E-state index in [2.05, 4.69) is 40.5 Å². The first-order chi connectivity index (χ1) is 13.6. The van der Waals surface area contributed by atoms with Crippen molar-refractivity contribution < 1.29 is 14.2 Å². The molecule has 0 radical (unpaired) electrons. The van der Waals surface area contributed by atoms with Crippen molar-refractivity contribution in [2.75, 3.05) is 13.9 Å². The number of rotatable bonds is 4. The van der Waals surface area contributed by atoms with Gasteiger partial charge in [-0.05, 0) is 25.1 Å². The van der Waals surface area contributed by atoms with Gasteiger partial charge in [-0.1, -0.05) is 16.8 Å². The molecule has 0 unspecified atom stereocenters. The van der Waals surface area contributed by atoms with E-state index >= 15 is 0 Å². The Balaban J connectivity index is 1.50. The molecule has 4 aromatic rings. The Morgan fingerprint density at radius 3 is 2.79 bits per heavy atom. The highest BCUT2D eigenvalue weighted by Gasteiger charge is 2.20. The third-order valence-electron chi connectivity index (χ3n) is 4.90. The van der Waals surface area contributed by atoms with Crippen molar-refractivity contribution in [1.29, 1.82) is 0 Å². The van der Waals surface area contributed by atoms with Crippen molar-refractivity contribution in [3.63, 3.8) is 0 Å². The zero-order valence-electron chi connectivity index (χ0n) is 15.8. The second kappa shape index (κ2) is 6.26. The highest BCUT2D eigenvalue weighted by Crippen LogP contribution is 2.41. The number of hydrogen-bond donors (Lipinski definition) is 0. The molecule has 0 aliphatic carbocycles. The Hall–Kier alpha value is -3.55. The van der Waals surface area contributed by atoms with Crippen LogP contribution in [0.2, 0.25) is 0 Å². The molecule has 2 aromatic carbocycles. The molecule has 8 nitrogen and oxygen atoms in total. The molecule has 28 heavy (non-hydrogen) atoms. The van der Waals surface area contributed by atoms with Crippen molar-refractivity contribution in [1.82, 2.24) is 24.8 Å². The largest absolute Gasteiger partial charge is 0.496 e. The van der Waals surface area contributed by atoms with Crippen LogP contribution in [0.15, 0.2) is 36.5 Å². The maximum Gasteiger partial charge on any atom is 0.231 e. The lowest BCUT2D eigenvalue weighted by Gasteiger charge is -2.07. The molecule has 1 aliphatic rings. The summed E-state index contributed by atoms with van der Waals surface area (Å²) < 4.78 is 20.1. The molecule has 3 heterocycles. The van der Waals surface area contributed by atoms with Gasteiger partial charge in [0, 0.05) is 24.1 Å². The normalized spacial score (nSPS) is 12.7. The zero-order chi connectivity index (χ0) is 19.3. The minimum Gasteiger partial charge on any atom is -0.496 e. The highest BCUT2D eigenvalue weighted by molar-refractivity contribution is 5.82. The number of hydrogen-bond acceptors (Lipinski definition) is 6. The minimum absolute atomic E-state index is 0.209. The molecule has 0 saturated carbocycles. The predicted octanol–water partition coefficient (Wildman–Crippen LogP) is 2.93. The lowest BCUT2D eigenvalue weighted by molar-refractivity contribution is 0.174. The molecule has 8 heteroatoms. The molecule has 0 amide bonds. The van der Waals surface area contributed by atoms with Crippen molar-refractivity contribution in [3.8, 4) is 28.5 Å². The van der Waals surface area contributed by atoms with E-state index in [1.54, 1.807) is 11.8 Å². The van der Waals surface area contributed by atoms with Crippen LogP contribution in [-0.4, -0.2) is 38.7 Å². The summed E-state index contributed by atoms with van der Waals surface area (Å²) in [5.41, 5.74) is 4.76. The van der Waals surface area contributed by atoms with Gasteiger partial charge in [-0.2, -0.15) is 5.10 Å². The fourth-order valence-electron chi connectivity index (χ4n) is 3.51. The molecular weight excluding hydrogens is 358 g/mol. The van der Waals surface area contributed by atoms with Gasteiger partial charge in [0.05, 0.1) is 31.1 Å². The van der Waals surface area contributed by atoms with E-state index in [-0.39, 0.29) is 6.79 Å². The van der Waals surface area contributed by atoms with Crippen molar-refractivity contribution >= 4 is 10.9 Å². The fourth-order valence-corrected chi connectivity index (χ4v) is 3.51. The quantitative estimate of drug-likeness (QED) is 0.544. The number of ether oxygens (including phenoxy) is 3. The lowest BCUT2D eigenvalue weighted by Crippen LogP contribution is -2.02. The van der Waals surface area contributed by atoms with Gasteiger partial charge in [0.1, 0.15) is 11.4 Å². The smallest absolute Gasteiger partial charge is 0.231 e. The van der Waals surface area contributed by atoms with E-state index in [1.807, 2.05) is 30.1 Å². The Bertz CT molecular complexity index is 1190. The van der Waals surface area contributed by atoms with Gasteiger partial charge in [0.25, 0.3) is 0 Å². The minimum atomic E-state index is 0.209. The van der Waals surface area contributed by atoms with Crippen LogP contribution < -0.4 is 14.2 Å². The van der Waals surface area contributed by atoms with Crippen LogP contribution in [0.3, 0.4) is 0 Å². The number of methoxy groups -OCH3 is 1. The van der Waals surface area contributed by atoms with Crippen LogP contribution in [-0.2, 0) is 13.6 Å². The second-order valence-corrected chi connectivity index (χ2v) is 6.80. The summed E-state index contributed by atoms with van der Waals surface area (Å²) in [4.78, 5) is 0.